The Bertz CT molecular complexity index is 104. The number of aliphatic hydroxyl groups is 1. The van der Waals surface area contributed by atoms with Crippen LogP contribution < -0.4 is 5.73 Å². The number of thioether (sulfide) groups is 1. The molecule has 0 heterocycles. The van der Waals surface area contributed by atoms with Gasteiger partial charge in [0.05, 0.1) is 6.61 Å². The molecule has 1 aliphatic carbocycles. The molecule has 0 aromatic carbocycles. The summed E-state index contributed by atoms with van der Waals surface area (Å²) in [4.78, 5) is 0. The van der Waals surface area contributed by atoms with E-state index < -0.39 is 0 Å². The summed E-state index contributed by atoms with van der Waals surface area (Å²) >= 11 is 1.93. The minimum absolute atomic E-state index is 0.0133. The van der Waals surface area contributed by atoms with Crippen LogP contribution in [0, 0.1) is 0 Å². The molecule has 0 saturated heterocycles. The predicted molar refractivity (Wildman–Crippen MR) is 49.8 cm³/mol. The van der Waals surface area contributed by atoms with E-state index in [0.717, 1.165) is 11.0 Å². The van der Waals surface area contributed by atoms with Gasteiger partial charge < -0.3 is 10.8 Å². The van der Waals surface area contributed by atoms with Crippen LogP contribution in [0.3, 0.4) is 0 Å². The third kappa shape index (κ3) is 3.45. The highest BCUT2D eigenvalue weighted by atomic mass is 32.2. The van der Waals surface area contributed by atoms with Crippen LogP contribution >= 0.6 is 11.8 Å². The van der Waals surface area contributed by atoms with Gasteiger partial charge in [-0.2, -0.15) is 11.8 Å². The Kier molecular flexibility index (Phi) is 4.26. The molecule has 3 N–H and O–H groups in total. The zero-order valence-electron chi connectivity index (χ0n) is 6.83. The van der Waals surface area contributed by atoms with E-state index in [1.807, 2.05) is 11.8 Å². The van der Waals surface area contributed by atoms with Gasteiger partial charge in [-0.25, -0.2) is 0 Å². The molecule has 11 heavy (non-hydrogen) atoms. The van der Waals surface area contributed by atoms with E-state index in [4.69, 9.17) is 10.8 Å². The molecule has 2 nitrogen and oxygen atoms in total. The van der Waals surface area contributed by atoms with Crippen molar-refractivity contribution in [3.63, 3.8) is 0 Å². The van der Waals surface area contributed by atoms with Crippen molar-refractivity contribution in [3.05, 3.63) is 0 Å². The molecular weight excluding hydrogens is 158 g/mol. The van der Waals surface area contributed by atoms with Crippen molar-refractivity contribution in [2.45, 2.75) is 37.0 Å². The van der Waals surface area contributed by atoms with E-state index in [1.54, 1.807) is 0 Å². The number of nitrogens with two attached hydrogens (primary N) is 1. The average molecular weight is 175 g/mol. The number of hydrogen-bond donors (Lipinski definition) is 2. The fourth-order valence-electron chi connectivity index (χ4n) is 1.37. The fraction of sp³-hybridized carbons (Fsp3) is 1.00. The molecule has 1 rings (SSSR count). The van der Waals surface area contributed by atoms with Crippen LogP contribution in [-0.4, -0.2) is 28.8 Å². The van der Waals surface area contributed by atoms with Crippen molar-refractivity contribution >= 4 is 11.8 Å². The first kappa shape index (κ1) is 9.36. The van der Waals surface area contributed by atoms with Crippen molar-refractivity contribution in [3.8, 4) is 0 Å². The zero-order chi connectivity index (χ0) is 8.10. The van der Waals surface area contributed by atoms with Gasteiger partial charge in [0.2, 0.25) is 0 Å². The Balaban J connectivity index is 2.01. The van der Waals surface area contributed by atoms with Gasteiger partial charge in [0, 0.05) is 17.0 Å². The fourth-order valence-corrected chi connectivity index (χ4v) is 2.66. The first-order valence-corrected chi connectivity index (χ1v) is 5.36. The largest absolute Gasteiger partial charge is 0.395 e. The Hall–Kier alpha value is 0.270. The molecule has 1 saturated carbocycles. The minimum Gasteiger partial charge on any atom is -0.395 e. The summed E-state index contributed by atoms with van der Waals surface area (Å²) in [5.74, 6) is 0.918. The van der Waals surface area contributed by atoms with Gasteiger partial charge in [0.15, 0.2) is 0 Å². The van der Waals surface area contributed by atoms with E-state index in [0.29, 0.717) is 0 Å². The van der Waals surface area contributed by atoms with Crippen molar-refractivity contribution in [1.82, 2.24) is 0 Å². The van der Waals surface area contributed by atoms with Gasteiger partial charge in [-0.3, -0.25) is 0 Å². The van der Waals surface area contributed by atoms with Gasteiger partial charge in [-0.05, 0) is 12.8 Å². The third-order valence-corrected chi connectivity index (χ3v) is 3.65. The van der Waals surface area contributed by atoms with E-state index in [2.05, 4.69) is 0 Å². The van der Waals surface area contributed by atoms with Gasteiger partial charge in [0.25, 0.3) is 0 Å². The molecule has 0 aromatic heterocycles. The molecule has 0 aromatic rings. The molecule has 0 bridgehead atoms. The second-order valence-electron chi connectivity index (χ2n) is 3.18. The average Bonchev–Trinajstić information content (AvgIpc) is 2.52. The quantitative estimate of drug-likeness (QED) is 0.669. The lowest BCUT2D eigenvalue weighted by Crippen LogP contribution is -2.27. The maximum atomic E-state index is 8.67. The smallest absolute Gasteiger partial charge is 0.0590 e. The van der Waals surface area contributed by atoms with Crippen LogP contribution in [0.15, 0.2) is 0 Å². The number of hydrogen-bond acceptors (Lipinski definition) is 3. The van der Waals surface area contributed by atoms with Crippen molar-refractivity contribution < 1.29 is 5.11 Å². The number of rotatable bonds is 4. The van der Waals surface area contributed by atoms with Gasteiger partial charge in [0.1, 0.15) is 0 Å². The molecule has 1 unspecified atom stereocenters. The second-order valence-corrected chi connectivity index (χ2v) is 4.52. The van der Waals surface area contributed by atoms with E-state index in [1.165, 1.54) is 25.7 Å². The monoisotopic (exact) mass is 175 g/mol. The maximum absolute atomic E-state index is 8.67. The Morgan fingerprint density at radius 3 is 2.64 bits per heavy atom. The predicted octanol–water partition coefficient (Wildman–Crippen LogP) is 0.982. The first-order chi connectivity index (χ1) is 5.33. The highest BCUT2D eigenvalue weighted by Gasteiger charge is 2.15. The van der Waals surface area contributed by atoms with E-state index in [-0.39, 0.29) is 12.6 Å². The van der Waals surface area contributed by atoms with Gasteiger partial charge >= 0.3 is 0 Å². The minimum atomic E-state index is -0.0133. The van der Waals surface area contributed by atoms with Gasteiger partial charge in [-0.15, -0.1) is 0 Å². The lowest BCUT2D eigenvalue weighted by molar-refractivity contribution is 0.275. The molecule has 66 valence electrons. The second kappa shape index (κ2) is 5.01. The van der Waals surface area contributed by atoms with E-state index in [9.17, 15) is 0 Å². The van der Waals surface area contributed by atoms with Crippen LogP contribution in [-0.2, 0) is 0 Å². The highest BCUT2D eigenvalue weighted by Crippen LogP contribution is 2.29. The number of aliphatic hydroxyl groups excluding tert-OH is 1. The normalized spacial score (nSPS) is 22.4. The lowest BCUT2D eigenvalue weighted by atomic mass is 10.4. The summed E-state index contributed by atoms with van der Waals surface area (Å²) in [7, 11) is 0. The molecular formula is C8H17NOS. The molecule has 0 radical (unpaired) electrons. The molecule has 0 spiro atoms. The molecule has 0 amide bonds. The Labute approximate surface area is 72.5 Å². The van der Waals surface area contributed by atoms with E-state index >= 15 is 0 Å². The van der Waals surface area contributed by atoms with Crippen LogP contribution in [0.2, 0.25) is 0 Å². The third-order valence-electron chi connectivity index (χ3n) is 2.08. The molecule has 1 fully saturated rings. The SMILES string of the molecule is NC(CO)CSC1CCCC1. The summed E-state index contributed by atoms with van der Waals surface area (Å²) in [6.07, 6.45) is 5.46. The van der Waals surface area contributed by atoms with Crippen LogP contribution in [0.25, 0.3) is 0 Å². The summed E-state index contributed by atoms with van der Waals surface area (Å²) in [5.41, 5.74) is 5.58. The van der Waals surface area contributed by atoms with Crippen LogP contribution in [0.5, 0.6) is 0 Å². The molecule has 3 heteroatoms. The van der Waals surface area contributed by atoms with Crippen LogP contribution in [0.1, 0.15) is 25.7 Å². The van der Waals surface area contributed by atoms with Crippen molar-refractivity contribution in [2.75, 3.05) is 12.4 Å². The standard InChI is InChI=1S/C8H17NOS/c9-7(5-10)6-11-8-3-1-2-4-8/h7-8,10H,1-6,9H2. The lowest BCUT2D eigenvalue weighted by Gasteiger charge is -2.11. The molecule has 1 atom stereocenters. The molecule has 1 aliphatic rings. The van der Waals surface area contributed by atoms with Crippen LogP contribution in [0.4, 0.5) is 0 Å². The topological polar surface area (TPSA) is 46.2 Å². The zero-order valence-corrected chi connectivity index (χ0v) is 7.65. The van der Waals surface area contributed by atoms with Crippen molar-refractivity contribution in [2.24, 2.45) is 5.73 Å². The highest BCUT2D eigenvalue weighted by molar-refractivity contribution is 7.99. The Morgan fingerprint density at radius 1 is 1.45 bits per heavy atom. The first-order valence-electron chi connectivity index (χ1n) is 4.31. The van der Waals surface area contributed by atoms with Crippen molar-refractivity contribution in [1.29, 1.82) is 0 Å². The summed E-state index contributed by atoms with van der Waals surface area (Å²) in [5, 5.41) is 9.50. The summed E-state index contributed by atoms with van der Waals surface area (Å²) in [6, 6.07) is -0.0133. The summed E-state index contributed by atoms with van der Waals surface area (Å²) in [6.45, 7) is 0.125. The van der Waals surface area contributed by atoms with Gasteiger partial charge in [-0.1, -0.05) is 12.8 Å². The molecule has 0 aliphatic heterocycles. The maximum Gasteiger partial charge on any atom is 0.0590 e. The summed E-state index contributed by atoms with van der Waals surface area (Å²) < 4.78 is 0. The Morgan fingerprint density at radius 2 is 2.09 bits per heavy atom.